The number of nitrogens with zero attached hydrogens (tertiary/aromatic N) is 2. The third-order valence-electron chi connectivity index (χ3n) is 4.72. The third-order valence-corrected chi connectivity index (χ3v) is 4.72. The van der Waals surface area contributed by atoms with Crippen LogP contribution in [-0.4, -0.2) is 39.8 Å². The molecule has 2 N–H and O–H groups in total. The molecular weight excluding hydrogens is 349 g/mol. The number of fused-ring (bicyclic) bond motifs is 1. The number of phenols is 1. The highest BCUT2D eigenvalue weighted by Crippen LogP contribution is 2.43. The molecule has 0 aliphatic carbocycles. The highest BCUT2D eigenvalue weighted by atomic mass is 19.1. The van der Waals surface area contributed by atoms with Crippen molar-refractivity contribution in [2.75, 3.05) is 13.7 Å². The van der Waals surface area contributed by atoms with Gasteiger partial charge >= 0.3 is 0 Å². The largest absolute Gasteiger partial charge is 0.504 e. The number of aromatic nitrogens is 2. The highest BCUT2D eigenvalue weighted by molar-refractivity contribution is 6.00. The molecule has 4 rings (SSSR count). The molecule has 0 radical (unpaired) electrons. The van der Waals surface area contributed by atoms with E-state index in [0.29, 0.717) is 29.3 Å². The normalized spacial score (nSPS) is 15.9. The second kappa shape index (κ2) is 6.42. The van der Waals surface area contributed by atoms with Crippen LogP contribution in [0.2, 0.25) is 0 Å². The summed E-state index contributed by atoms with van der Waals surface area (Å²) in [6, 6.07) is 10.6. The van der Waals surface area contributed by atoms with Gasteiger partial charge < -0.3 is 14.7 Å². The van der Waals surface area contributed by atoms with E-state index >= 15 is 0 Å². The van der Waals surface area contributed by atoms with Gasteiger partial charge in [-0.2, -0.15) is 5.10 Å². The van der Waals surface area contributed by atoms with Gasteiger partial charge in [-0.15, -0.1) is 0 Å². The molecule has 2 heterocycles. The molecule has 0 saturated carbocycles. The number of amides is 1. The van der Waals surface area contributed by atoms with E-state index in [-0.39, 0.29) is 17.5 Å². The average Bonchev–Trinajstić information content (AvgIpc) is 3.18. The van der Waals surface area contributed by atoms with E-state index in [0.717, 1.165) is 11.1 Å². The van der Waals surface area contributed by atoms with E-state index in [1.54, 1.807) is 42.3 Å². The molecule has 0 saturated heterocycles. The topological polar surface area (TPSA) is 78.5 Å². The van der Waals surface area contributed by atoms with Crippen molar-refractivity contribution in [2.24, 2.45) is 0 Å². The molecule has 2 aromatic carbocycles. The summed E-state index contributed by atoms with van der Waals surface area (Å²) < 4.78 is 18.8. The van der Waals surface area contributed by atoms with Gasteiger partial charge in [-0.3, -0.25) is 9.89 Å². The number of rotatable bonds is 4. The molecular formula is C20H18FN3O3. The van der Waals surface area contributed by atoms with Gasteiger partial charge in [0.1, 0.15) is 11.5 Å². The second-order valence-electron chi connectivity index (χ2n) is 6.35. The molecule has 27 heavy (non-hydrogen) atoms. The number of aromatic amines is 1. The summed E-state index contributed by atoms with van der Waals surface area (Å²) in [6.07, 6.45) is 0. The lowest BCUT2D eigenvalue weighted by atomic mass is 9.96. The van der Waals surface area contributed by atoms with Crippen LogP contribution in [0.25, 0.3) is 11.3 Å². The lowest BCUT2D eigenvalue weighted by Gasteiger charge is -2.22. The van der Waals surface area contributed by atoms with Crippen LogP contribution in [-0.2, 0) is 0 Å². The molecule has 7 heteroatoms. The molecule has 138 valence electrons. The molecule has 1 aliphatic rings. The van der Waals surface area contributed by atoms with E-state index in [2.05, 4.69) is 10.2 Å². The molecule has 6 nitrogen and oxygen atoms in total. The monoisotopic (exact) mass is 367 g/mol. The average molecular weight is 367 g/mol. The van der Waals surface area contributed by atoms with Crippen LogP contribution in [0.15, 0.2) is 42.5 Å². The molecule has 0 bridgehead atoms. The van der Waals surface area contributed by atoms with Gasteiger partial charge in [-0.1, -0.05) is 6.07 Å². The first-order chi connectivity index (χ1) is 13.0. The molecule has 0 spiro atoms. The van der Waals surface area contributed by atoms with Crippen LogP contribution in [0, 0.1) is 5.82 Å². The molecule has 1 amide bonds. The van der Waals surface area contributed by atoms with Crippen LogP contribution >= 0.6 is 0 Å². The summed E-state index contributed by atoms with van der Waals surface area (Å²) in [5, 5.41) is 17.1. The van der Waals surface area contributed by atoms with Crippen molar-refractivity contribution in [1.82, 2.24) is 15.1 Å². The predicted octanol–water partition coefficient (Wildman–Crippen LogP) is 3.50. The van der Waals surface area contributed by atoms with Crippen LogP contribution in [0.5, 0.6) is 11.5 Å². The van der Waals surface area contributed by atoms with Gasteiger partial charge in [0.15, 0.2) is 11.5 Å². The fourth-order valence-corrected chi connectivity index (χ4v) is 3.46. The standard InChI is InChI=1S/C20H18FN3O3/c1-3-27-15-10-12(6-9-14(15)25)19-16-17(11-4-7-13(21)8-5-11)22-23-18(16)20(26)24(19)2/h4-10,19,25H,3H2,1-2H3,(H,22,23)/t19-/m0/s1. The van der Waals surface area contributed by atoms with Crippen LogP contribution in [0.1, 0.15) is 34.6 Å². The van der Waals surface area contributed by atoms with Gasteiger partial charge in [0, 0.05) is 18.2 Å². The Morgan fingerprint density at radius 1 is 1.26 bits per heavy atom. The fraction of sp³-hybridized carbons (Fsp3) is 0.200. The van der Waals surface area contributed by atoms with Gasteiger partial charge in [0.2, 0.25) is 0 Å². The van der Waals surface area contributed by atoms with Gasteiger partial charge in [-0.25, -0.2) is 4.39 Å². The van der Waals surface area contributed by atoms with E-state index in [4.69, 9.17) is 4.74 Å². The van der Waals surface area contributed by atoms with Crippen LogP contribution in [0.3, 0.4) is 0 Å². The summed E-state index contributed by atoms with van der Waals surface area (Å²) >= 11 is 0. The van der Waals surface area contributed by atoms with E-state index in [1.807, 2.05) is 6.92 Å². The third kappa shape index (κ3) is 2.71. The Kier molecular flexibility index (Phi) is 4.07. The quantitative estimate of drug-likeness (QED) is 0.740. The van der Waals surface area contributed by atoms with Crippen molar-refractivity contribution in [3.8, 4) is 22.8 Å². The first-order valence-electron chi connectivity index (χ1n) is 8.58. The number of ether oxygens (including phenoxy) is 1. The SMILES string of the molecule is CCOc1cc([C@H]2c3c(-c4ccc(F)cc4)n[nH]c3C(=O)N2C)ccc1O. The van der Waals surface area contributed by atoms with E-state index in [1.165, 1.54) is 12.1 Å². The Balaban J connectivity index is 1.85. The minimum absolute atomic E-state index is 0.0405. The number of carbonyl (C=O) groups excluding carboxylic acids is 1. The maximum Gasteiger partial charge on any atom is 0.272 e. The van der Waals surface area contributed by atoms with Crippen molar-refractivity contribution in [3.63, 3.8) is 0 Å². The highest BCUT2D eigenvalue weighted by Gasteiger charge is 2.40. The zero-order valence-electron chi connectivity index (χ0n) is 14.9. The summed E-state index contributed by atoms with van der Waals surface area (Å²) in [6.45, 7) is 2.24. The predicted molar refractivity (Wildman–Crippen MR) is 97.2 cm³/mol. The number of aromatic hydroxyl groups is 1. The van der Waals surface area contributed by atoms with Gasteiger partial charge in [0.25, 0.3) is 5.91 Å². The molecule has 3 aromatic rings. The lowest BCUT2D eigenvalue weighted by Crippen LogP contribution is -2.24. The van der Waals surface area contributed by atoms with E-state index < -0.39 is 6.04 Å². The van der Waals surface area contributed by atoms with Crippen molar-refractivity contribution in [3.05, 3.63) is 65.1 Å². The number of carbonyl (C=O) groups is 1. The maximum atomic E-state index is 13.3. The number of hydrogen-bond acceptors (Lipinski definition) is 4. The summed E-state index contributed by atoms with van der Waals surface area (Å²) in [4.78, 5) is 14.3. The fourth-order valence-electron chi connectivity index (χ4n) is 3.46. The molecule has 0 unspecified atom stereocenters. The van der Waals surface area contributed by atoms with Crippen LogP contribution < -0.4 is 4.74 Å². The van der Waals surface area contributed by atoms with Crippen molar-refractivity contribution < 1.29 is 19.0 Å². The maximum absolute atomic E-state index is 13.3. The molecule has 1 aromatic heterocycles. The summed E-state index contributed by atoms with van der Waals surface area (Å²) in [7, 11) is 1.71. The summed E-state index contributed by atoms with van der Waals surface area (Å²) in [5.74, 6) is -0.118. The van der Waals surface area contributed by atoms with E-state index in [9.17, 15) is 14.3 Å². The molecule has 0 fully saturated rings. The Bertz CT molecular complexity index is 1010. The minimum Gasteiger partial charge on any atom is -0.504 e. The minimum atomic E-state index is -0.397. The molecule has 1 atom stereocenters. The Morgan fingerprint density at radius 2 is 2.00 bits per heavy atom. The Hall–Kier alpha value is -3.35. The number of hydrogen-bond donors (Lipinski definition) is 2. The van der Waals surface area contributed by atoms with Crippen molar-refractivity contribution in [2.45, 2.75) is 13.0 Å². The number of halogens is 1. The first-order valence-corrected chi connectivity index (χ1v) is 8.58. The lowest BCUT2D eigenvalue weighted by molar-refractivity contribution is 0.0787. The number of benzene rings is 2. The zero-order valence-corrected chi connectivity index (χ0v) is 14.9. The van der Waals surface area contributed by atoms with Gasteiger partial charge in [-0.05, 0) is 48.9 Å². The second-order valence-corrected chi connectivity index (χ2v) is 6.35. The Labute approximate surface area is 155 Å². The number of nitrogens with one attached hydrogen (secondary N) is 1. The number of phenolic OH excluding ortho intramolecular Hbond substituents is 1. The number of H-pyrrole nitrogens is 1. The summed E-state index contributed by atoms with van der Waals surface area (Å²) in [5.41, 5.74) is 3.23. The Morgan fingerprint density at radius 3 is 2.70 bits per heavy atom. The van der Waals surface area contributed by atoms with Crippen LogP contribution in [0.4, 0.5) is 4.39 Å². The van der Waals surface area contributed by atoms with Crippen molar-refractivity contribution in [1.29, 1.82) is 0 Å². The van der Waals surface area contributed by atoms with Crippen molar-refractivity contribution >= 4 is 5.91 Å². The zero-order chi connectivity index (χ0) is 19.1. The first kappa shape index (κ1) is 17.1. The molecule has 1 aliphatic heterocycles. The smallest absolute Gasteiger partial charge is 0.272 e. The van der Waals surface area contributed by atoms with Gasteiger partial charge in [0.05, 0.1) is 18.3 Å².